The first-order valence-electron chi connectivity index (χ1n) is 10.6. The van der Waals surface area contributed by atoms with Crippen molar-refractivity contribution in [3.63, 3.8) is 0 Å². The number of aliphatic hydroxyl groups excluding tert-OH is 1. The fourth-order valence-corrected chi connectivity index (χ4v) is 3.61. The number of benzene rings is 2. The van der Waals surface area contributed by atoms with Gasteiger partial charge in [0.1, 0.15) is 36.7 Å². The molecule has 8 nitrogen and oxygen atoms in total. The van der Waals surface area contributed by atoms with Crippen molar-refractivity contribution in [1.82, 2.24) is 0 Å². The lowest BCUT2D eigenvalue weighted by molar-refractivity contribution is -0.309. The second-order valence-corrected chi connectivity index (χ2v) is 8.03. The molecule has 2 aromatic carbocycles. The van der Waals surface area contributed by atoms with E-state index in [0.29, 0.717) is 0 Å². The van der Waals surface area contributed by atoms with Gasteiger partial charge in [-0.15, -0.1) is 23.2 Å². The summed E-state index contributed by atoms with van der Waals surface area (Å²) in [5.74, 6) is -2.19. The van der Waals surface area contributed by atoms with Crippen molar-refractivity contribution in [3.05, 3.63) is 71.8 Å². The summed E-state index contributed by atoms with van der Waals surface area (Å²) < 4.78 is 28.3. The van der Waals surface area contributed by atoms with Crippen molar-refractivity contribution in [2.45, 2.75) is 43.9 Å². The smallest absolute Gasteiger partial charge is 0.321 e. The highest BCUT2D eigenvalue weighted by Crippen LogP contribution is 2.29. The summed E-state index contributed by atoms with van der Waals surface area (Å²) in [6.45, 7) is -0.0226. The molecule has 34 heavy (non-hydrogen) atoms. The third-order valence-electron chi connectivity index (χ3n) is 5.07. The van der Waals surface area contributed by atoms with E-state index in [1.807, 2.05) is 60.7 Å². The maximum atomic E-state index is 12.1. The number of esters is 2. The Hall–Kier alpha value is -2.20. The molecule has 0 amide bonds. The molecule has 1 heterocycles. The van der Waals surface area contributed by atoms with Gasteiger partial charge in [-0.3, -0.25) is 9.59 Å². The number of carbonyl (C=O) groups excluding carboxylic acids is 2. The van der Waals surface area contributed by atoms with Crippen LogP contribution in [0.15, 0.2) is 60.7 Å². The number of hydrogen-bond acceptors (Lipinski definition) is 8. The first kappa shape index (κ1) is 26.4. The second-order valence-electron chi connectivity index (χ2n) is 7.49. The van der Waals surface area contributed by atoms with Crippen LogP contribution < -0.4 is 0 Å². The van der Waals surface area contributed by atoms with Crippen molar-refractivity contribution in [2.75, 3.05) is 18.4 Å². The van der Waals surface area contributed by atoms with Crippen molar-refractivity contribution in [2.24, 2.45) is 0 Å². The normalized spacial score (nSPS) is 24.4. The summed E-state index contributed by atoms with van der Waals surface area (Å²) in [7, 11) is 0. The Morgan fingerprint density at radius 2 is 1.32 bits per heavy atom. The number of halogens is 2. The Bertz CT molecular complexity index is 898. The molecule has 0 spiro atoms. The number of rotatable bonds is 11. The number of carbonyl (C=O) groups is 2. The Kier molecular flexibility index (Phi) is 10.6. The van der Waals surface area contributed by atoms with Gasteiger partial charge in [-0.25, -0.2) is 0 Å². The monoisotopic (exact) mass is 512 g/mol. The third kappa shape index (κ3) is 7.66. The van der Waals surface area contributed by atoms with Gasteiger partial charge in [0.05, 0.1) is 13.2 Å². The predicted molar refractivity (Wildman–Crippen MR) is 123 cm³/mol. The van der Waals surface area contributed by atoms with E-state index in [1.54, 1.807) is 0 Å². The van der Waals surface area contributed by atoms with Gasteiger partial charge in [0.15, 0.2) is 12.4 Å². The predicted octanol–water partition coefficient (Wildman–Crippen LogP) is 2.81. The molecular weight excluding hydrogens is 487 g/mol. The molecule has 1 aliphatic rings. The minimum atomic E-state index is -1.45. The molecule has 3 rings (SSSR count). The molecule has 184 valence electrons. The molecule has 1 fully saturated rings. The Morgan fingerprint density at radius 3 is 1.85 bits per heavy atom. The molecule has 2 aromatic rings. The van der Waals surface area contributed by atoms with E-state index in [0.717, 1.165) is 11.1 Å². The van der Waals surface area contributed by atoms with E-state index in [9.17, 15) is 14.7 Å². The van der Waals surface area contributed by atoms with Crippen LogP contribution in [0, 0.1) is 0 Å². The highest BCUT2D eigenvalue weighted by molar-refractivity contribution is 6.26. The van der Waals surface area contributed by atoms with Crippen LogP contribution in [0.1, 0.15) is 11.1 Å². The molecule has 0 radical (unpaired) electrons. The molecular formula is C24H26Cl2O8. The summed E-state index contributed by atoms with van der Waals surface area (Å²) in [5.41, 5.74) is 1.72. The standard InChI is InChI=1S/C24H26Cl2O8/c25-11-19(27)30-15-18-21(34-20(28)12-26)22(31-13-16-7-3-1-4-8-16)23(24(29)33-18)32-14-17-9-5-2-6-10-17/h1-10,18,21-24,29H,11-15H2/t18-,21-,22+,23-,24-/m1/s1. The van der Waals surface area contributed by atoms with Crippen molar-refractivity contribution in [3.8, 4) is 0 Å². The van der Waals surface area contributed by atoms with Gasteiger partial charge in [0.2, 0.25) is 0 Å². The van der Waals surface area contributed by atoms with Gasteiger partial charge in [-0.2, -0.15) is 0 Å². The van der Waals surface area contributed by atoms with Crippen molar-refractivity contribution >= 4 is 35.1 Å². The lowest BCUT2D eigenvalue weighted by Gasteiger charge is -2.43. The number of ether oxygens (including phenoxy) is 5. The molecule has 0 unspecified atom stereocenters. The van der Waals surface area contributed by atoms with Crippen molar-refractivity contribution < 1.29 is 38.4 Å². The van der Waals surface area contributed by atoms with Gasteiger partial charge >= 0.3 is 11.9 Å². The first-order valence-corrected chi connectivity index (χ1v) is 11.7. The molecule has 5 atom stereocenters. The summed E-state index contributed by atoms with van der Waals surface area (Å²) in [6.07, 6.45) is -5.54. The zero-order valence-electron chi connectivity index (χ0n) is 18.3. The number of alkyl halides is 2. The van der Waals surface area contributed by atoms with E-state index in [1.165, 1.54) is 0 Å². The maximum Gasteiger partial charge on any atom is 0.321 e. The minimum Gasteiger partial charge on any atom is -0.462 e. The zero-order chi connectivity index (χ0) is 24.3. The highest BCUT2D eigenvalue weighted by atomic mass is 35.5. The van der Waals surface area contributed by atoms with E-state index in [-0.39, 0.29) is 25.7 Å². The molecule has 0 aliphatic carbocycles. The molecule has 1 saturated heterocycles. The lowest BCUT2D eigenvalue weighted by Crippen LogP contribution is -2.61. The molecule has 0 saturated carbocycles. The quantitative estimate of drug-likeness (QED) is 0.362. The Balaban J connectivity index is 1.83. The van der Waals surface area contributed by atoms with Crippen LogP contribution in [0.2, 0.25) is 0 Å². The van der Waals surface area contributed by atoms with E-state index >= 15 is 0 Å². The third-order valence-corrected chi connectivity index (χ3v) is 5.51. The van der Waals surface area contributed by atoms with Gasteiger partial charge in [0.25, 0.3) is 0 Å². The summed E-state index contributed by atoms with van der Waals surface area (Å²) in [5, 5.41) is 10.8. The second kappa shape index (κ2) is 13.6. The van der Waals surface area contributed by atoms with E-state index in [4.69, 9.17) is 46.9 Å². The van der Waals surface area contributed by atoms with Crippen LogP contribution in [0.25, 0.3) is 0 Å². The maximum absolute atomic E-state index is 12.1. The van der Waals surface area contributed by atoms with Gasteiger partial charge in [0, 0.05) is 0 Å². The van der Waals surface area contributed by atoms with Crippen molar-refractivity contribution in [1.29, 1.82) is 0 Å². The van der Waals surface area contributed by atoms with Crippen LogP contribution >= 0.6 is 23.2 Å². The molecule has 1 N–H and O–H groups in total. The molecule has 0 aromatic heterocycles. The number of aliphatic hydroxyl groups is 1. The molecule has 1 aliphatic heterocycles. The van der Waals surface area contributed by atoms with Crippen LogP contribution in [0.3, 0.4) is 0 Å². The average molecular weight is 513 g/mol. The van der Waals surface area contributed by atoms with Gasteiger partial charge in [-0.05, 0) is 11.1 Å². The SMILES string of the molecule is O=C(CCl)OC[C@H]1O[C@@H](O)[C@H](OCc2ccccc2)[C@@H](OCc2ccccc2)[C@@H]1OC(=O)CCl. The number of hydrogen-bond donors (Lipinski definition) is 1. The molecule has 0 bridgehead atoms. The van der Waals surface area contributed by atoms with Gasteiger partial charge < -0.3 is 28.8 Å². The summed E-state index contributed by atoms with van der Waals surface area (Å²) >= 11 is 11.2. The fourth-order valence-electron chi connectivity index (χ4n) is 3.47. The minimum absolute atomic E-state index is 0.145. The topological polar surface area (TPSA) is 101 Å². The van der Waals surface area contributed by atoms with Crippen LogP contribution in [-0.4, -0.2) is 66.1 Å². The van der Waals surface area contributed by atoms with Crippen LogP contribution in [-0.2, 0) is 46.5 Å². The van der Waals surface area contributed by atoms with Crippen LogP contribution in [0.5, 0.6) is 0 Å². The summed E-state index contributed by atoms with van der Waals surface area (Å²) in [4.78, 5) is 23.7. The average Bonchev–Trinajstić information content (AvgIpc) is 2.87. The van der Waals surface area contributed by atoms with E-state index in [2.05, 4.69) is 0 Å². The Labute approximate surface area is 207 Å². The lowest BCUT2D eigenvalue weighted by atomic mass is 9.98. The largest absolute Gasteiger partial charge is 0.462 e. The van der Waals surface area contributed by atoms with Gasteiger partial charge in [-0.1, -0.05) is 60.7 Å². The molecule has 10 heteroatoms. The van der Waals surface area contributed by atoms with E-state index < -0.39 is 48.5 Å². The van der Waals surface area contributed by atoms with Crippen LogP contribution in [0.4, 0.5) is 0 Å². The highest BCUT2D eigenvalue weighted by Gasteiger charge is 2.49. The summed E-state index contributed by atoms with van der Waals surface area (Å²) in [6, 6.07) is 18.7. The zero-order valence-corrected chi connectivity index (χ0v) is 19.8. The Morgan fingerprint density at radius 1 is 0.794 bits per heavy atom. The first-order chi connectivity index (χ1) is 16.5. The fraction of sp³-hybridized carbons (Fsp3) is 0.417.